The van der Waals surface area contributed by atoms with Crippen LogP contribution in [0.3, 0.4) is 0 Å². The van der Waals surface area contributed by atoms with Crippen LogP contribution in [-0.2, 0) is 4.74 Å². The Labute approximate surface area is 175 Å². The van der Waals surface area contributed by atoms with E-state index in [0.29, 0.717) is 22.8 Å². The van der Waals surface area contributed by atoms with E-state index < -0.39 is 0 Å². The number of rotatable bonds is 5. The largest absolute Gasteiger partial charge is 0.379 e. The van der Waals surface area contributed by atoms with Crippen LogP contribution in [0.25, 0.3) is 22.2 Å². The van der Waals surface area contributed by atoms with Crippen molar-refractivity contribution >= 4 is 28.4 Å². The highest BCUT2D eigenvalue weighted by atomic mass is 35.5. The predicted octanol–water partition coefficient (Wildman–Crippen LogP) is 3.93. The summed E-state index contributed by atoms with van der Waals surface area (Å²) >= 11 is 6.38. The van der Waals surface area contributed by atoms with Gasteiger partial charge in [0.2, 0.25) is 0 Å². The molecule has 3 aromatic rings. The van der Waals surface area contributed by atoms with Gasteiger partial charge in [-0.3, -0.25) is 9.69 Å². The fraction of sp³-hybridized carbons (Fsp3) is 0.304. The number of carbonyl (C=O) groups excluding carboxylic acids is 1. The first-order valence-electron chi connectivity index (χ1n) is 9.86. The summed E-state index contributed by atoms with van der Waals surface area (Å²) < 4.78 is 5.37. The molecule has 2 heterocycles. The molecule has 1 saturated heterocycles. The molecule has 1 amide bonds. The number of benzene rings is 2. The predicted molar refractivity (Wildman–Crippen MR) is 117 cm³/mol. The Morgan fingerprint density at radius 2 is 1.97 bits per heavy atom. The van der Waals surface area contributed by atoms with Crippen LogP contribution in [0, 0.1) is 6.92 Å². The fourth-order valence-electron chi connectivity index (χ4n) is 3.58. The lowest BCUT2D eigenvalue weighted by Crippen LogP contribution is -2.41. The van der Waals surface area contributed by atoms with Crippen LogP contribution in [0.2, 0.25) is 5.02 Å². The maximum absolute atomic E-state index is 13.1. The van der Waals surface area contributed by atoms with Gasteiger partial charge < -0.3 is 10.1 Å². The van der Waals surface area contributed by atoms with Gasteiger partial charge in [-0.1, -0.05) is 41.4 Å². The van der Waals surface area contributed by atoms with Crippen LogP contribution in [0.4, 0.5) is 0 Å². The first-order valence-corrected chi connectivity index (χ1v) is 10.2. The summed E-state index contributed by atoms with van der Waals surface area (Å²) in [5, 5.41) is 4.54. The molecule has 6 heteroatoms. The van der Waals surface area contributed by atoms with E-state index in [1.807, 2.05) is 55.5 Å². The molecule has 0 unspecified atom stereocenters. The summed E-state index contributed by atoms with van der Waals surface area (Å²) in [6.07, 6.45) is 0. The van der Waals surface area contributed by atoms with E-state index in [9.17, 15) is 4.79 Å². The number of aryl methyl sites for hydroxylation is 1. The maximum atomic E-state index is 13.1. The number of morpholine rings is 1. The summed E-state index contributed by atoms with van der Waals surface area (Å²) in [5.74, 6) is -0.0930. The average molecular weight is 410 g/mol. The molecule has 0 saturated carbocycles. The molecule has 0 radical (unpaired) electrons. The number of pyridine rings is 1. The number of ether oxygens (including phenoxy) is 1. The van der Waals surface area contributed by atoms with Crippen molar-refractivity contribution in [3.05, 3.63) is 64.7 Å². The molecule has 29 heavy (non-hydrogen) atoms. The van der Waals surface area contributed by atoms with E-state index >= 15 is 0 Å². The normalized spacial score (nSPS) is 14.8. The first kappa shape index (κ1) is 19.8. The molecule has 150 valence electrons. The van der Waals surface area contributed by atoms with Crippen LogP contribution in [0.5, 0.6) is 0 Å². The lowest BCUT2D eigenvalue weighted by atomic mass is 10.0. The molecule has 4 rings (SSSR count). The van der Waals surface area contributed by atoms with Crippen LogP contribution < -0.4 is 5.32 Å². The monoisotopic (exact) mass is 409 g/mol. The number of aromatic nitrogens is 1. The Kier molecular flexibility index (Phi) is 6.09. The van der Waals surface area contributed by atoms with Gasteiger partial charge in [0.15, 0.2) is 0 Å². The number of carbonyl (C=O) groups is 1. The first-order chi connectivity index (χ1) is 14.1. The van der Waals surface area contributed by atoms with Crippen molar-refractivity contribution < 1.29 is 9.53 Å². The van der Waals surface area contributed by atoms with Crippen molar-refractivity contribution in [3.8, 4) is 11.3 Å². The fourth-order valence-corrected chi connectivity index (χ4v) is 3.81. The molecule has 1 aliphatic rings. The number of amides is 1. The highest BCUT2D eigenvalue weighted by Crippen LogP contribution is 2.30. The molecule has 1 aromatic heterocycles. The number of fused-ring (bicyclic) bond motifs is 1. The van der Waals surface area contributed by atoms with Crippen molar-refractivity contribution in [3.63, 3.8) is 0 Å². The Hall–Kier alpha value is -2.47. The SMILES string of the molecule is Cc1ccc2nc(-c3ccccc3Cl)cc(C(=O)NCCN3CCOCC3)c2c1. The minimum absolute atomic E-state index is 0.0930. The zero-order valence-corrected chi connectivity index (χ0v) is 17.2. The summed E-state index contributed by atoms with van der Waals surface area (Å²) in [5.41, 5.74) is 4.01. The second-order valence-electron chi connectivity index (χ2n) is 7.27. The molecule has 0 bridgehead atoms. The summed E-state index contributed by atoms with van der Waals surface area (Å²) in [6, 6.07) is 15.4. The van der Waals surface area contributed by atoms with Gasteiger partial charge in [0.25, 0.3) is 5.91 Å². The highest BCUT2D eigenvalue weighted by Gasteiger charge is 2.16. The third-order valence-corrected chi connectivity index (χ3v) is 5.51. The van der Waals surface area contributed by atoms with Gasteiger partial charge in [0.1, 0.15) is 0 Å². The van der Waals surface area contributed by atoms with Crippen LogP contribution in [0.15, 0.2) is 48.5 Å². The van der Waals surface area contributed by atoms with E-state index in [0.717, 1.165) is 54.9 Å². The zero-order valence-electron chi connectivity index (χ0n) is 16.5. The molecule has 2 aromatic carbocycles. The van der Waals surface area contributed by atoms with Gasteiger partial charge in [-0.15, -0.1) is 0 Å². The van der Waals surface area contributed by atoms with Crippen LogP contribution in [0.1, 0.15) is 15.9 Å². The second kappa shape index (κ2) is 8.91. The molecule has 0 aliphatic carbocycles. The Balaban J connectivity index is 1.63. The van der Waals surface area contributed by atoms with E-state index in [2.05, 4.69) is 10.2 Å². The summed E-state index contributed by atoms with van der Waals surface area (Å²) in [4.78, 5) is 20.1. The number of halogens is 1. The van der Waals surface area contributed by atoms with Crippen molar-refractivity contribution in [2.45, 2.75) is 6.92 Å². The van der Waals surface area contributed by atoms with Crippen molar-refractivity contribution in [1.82, 2.24) is 15.2 Å². The van der Waals surface area contributed by atoms with Crippen molar-refractivity contribution in [2.75, 3.05) is 39.4 Å². The number of nitrogens with zero attached hydrogens (tertiary/aromatic N) is 2. The van der Waals surface area contributed by atoms with E-state index in [-0.39, 0.29) is 5.91 Å². The highest BCUT2D eigenvalue weighted by molar-refractivity contribution is 6.33. The number of hydrogen-bond acceptors (Lipinski definition) is 4. The van der Waals surface area contributed by atoms with Gasteiger partial charge in [-0.2, -0.15) is 0 Å². The maximum Gasteiger partial charge on any atom is 0.252 e. The smallest absolute Gasteiger partial charge is 0.252 e. The van der Waals surface area contributed by atoms with Gasteiger partial charge in [0, 0.05) is 42.2 Å². The zero-order chi connectivity index (χ0) is 20.2. The van der Waals surface area contributed by atoms with Gasteiger partial charge in [-0.05, 0) is 31.2 Å². The quantitative estimate of drug-likeness (QED) is 0.693. The molecule has 1 fully saturated rings. The molecule has 5 nitrogen and oxygen atoms in total. The number of nitrogens with one attached hydrogen (secondary N) is 1. The van der Waals surface area contributed by atoms with Gasteiger partial charge in [0.05, 0.1) is 30.0 Å². The van der Waals surface area contributed by atoms with Crippen LogP contribution >= 0.6 is 11.6 Å². The molecule has 0 spiro atoms. The number of hydrogen-bond donors (Lipinski definition) is 1. The van der Waals surface area contributed by atoms with Crippen LogP contribution in [-0.4, -0.2) is 55.2 Å². The molecule has 1 N–H and O–H groups in total. The minimum Gasteiger partial charge on any atom is -0.379 e. The molecule has 1 aliphatic heterocycles. The van der Waals surface area contributed by atoms with E-state index in [1.54, 1.807) is 0 Å². The molecular formula is C23H24ClN3O2. The lowest BCUT2D eigenvalue weighted by molar-refractivity contribution is 0.0383. The third-order valence-electron chi connectivity index (χ3n) is 5.18. The second-order valence-corrected chi connectivity index (χ2v) is 7.67. The van der Waals surface area contributed by atoms with E-state index in [1.165, 1.54) is 0 Å². The van der Waals surface area contributed by atoms with Gasteiger partial charge in [-0.25, -0.2) is 4.98 Å². The molecular weight excluding hydrogens is 386 g/mol. The van der Waals surface area contributed by atoms with Crippen molar-refractivity contribution in [1.29, 1.82) is 0 Å². The summed E-state index contributed by atoms with van der Waals surface area (Å²) in [7, 11) is 0. The Morgan fingerprint density at radius 1 is 1.17 bits per heavy atom. The topological polar surface area (TPSA) is 54.5 Å². The Bertz CT molecular complexity index is 1030. The lowest BCUT2D eigenvalue weighted by Gasteiger charge is -2.26. The van der Waals surface area contributed by atoms with Gasteiger partial charge >= 0.3 is 0 Å². The molecule has 0 atom stereocenters. The minimum atomic E-state index is -0.0930. The summed E-state index contributed by atoms with van der Waals surface area (Å²) in [6.45, 7) is 6.74. The third kappa shape index (κ3) is 4.58. The average Bonchev–Trinajstić information content (AvgIpc) is 2.74. The van der Waals surface area contributed by atoms with E-state index in [4.69, 9.17) is 21.3 Å². The van der Waals surface area contributed by atoms with Crippen molar-refractivity contribution in [2.24, 2.45) is 0 Å². The standard InChI is InChI=1S/C23H24ClN3O2/c1-16-6-7-21-18(14-16)19(15-22(26-21)17-4-2-3-5-20(17)24)23(28)25-8-9-27-10-12-29-13-11-27/h2-7,14-15H,8-13H2,1H3,(H,25,28). The Morgan fingerprint density at radius 3 is 2.76 bits per heavy atom.